The molecule has 2 N–H and O–H groups in total. The molecular formula is C12H19NO4. The van der Waals surface area contributed by atoms with E-state index in [0.717, 1.165) is 12.8 Å². The first kappa shape index (κ1) is 12.4. The zero-order valence-electron chi connectivity index (χ0n) is 10.2. The van der Waals surface area contributed by atoms with Gasteiger partial charge in [-0.1, -0.05) is 0 Å². The third-order valence-corrected chi connectivity index (χ3v) is 3.67. The van der Waals surface area contributed by atoms with E-state index >= 15 is 0 Å². The third-order valence-electron chi connectivity index (χ3n) is 3.67. The zero-order chi connectivity index (χ0) is 12.6. The predicted molar refractivity (Wildman–Crippen MR) is 60.4 cm³/mol. The van der Waals surface area contributed by atoms with Crippen LogP contribution in [0.1, 0.15) is 33.1 Å². The second-order valence-electron chi connectivity index (χ2n) is 5.11. The van der Waals surface area contributed by atoms with Crippen LogP contribution in [-0.2, 0) is 14.3 Å². The first-order valence-electron chi connectivity index (χ1n) is 6.16. The molecule has 2 aliphatic rings. The average Bonchev–Trinajstić information content (AvgIpc) is 3.12. The van der Waals surface area contributed by atoms with Crippen molar-refractivity contribution in [3.8, 4) is 0 Å². The number of nitrogens with one attached hydrogen (secondary N) is 1. The van der Waals surface area contributed by atoms with Gasteiger partial charge in [0.1, 0.15) is 5.54 Å². The Morgan fingerprint density at radius 1 is 1.47 bits per heavy atom. The molecule has 5 heteroatoms. The minimum absolute atomic E-state index is 0.0164. The molecule has 0 aliphatic heterocycles. The molecule has 0 spiro atoms. The molecule has 0 aromatic heterocycles. The maximum absolute atomic E-state index is 11.9. The molecule has 2 rings (SSSR count). The van der Waals surface area contributed by atoms with Crippen molar-refractivity contribution < 1.29 is 19.4 Å². The molecule has 96 valence electrons. The molecule has 1 amide bonds. The molecule has 0 bridgehead atoms. The Balaban J connectivity index is 1.91. The van der Waals surface area contributed by atoms with E-state index in [2.05, 4.69) is 5.32 Å². The normalized spacial score (nSPS) is 30.5. The van der Waals surface area contributed by atoms with Gasteiger partial charge in [-0.3, -0.25) is 4.79 Å². The smallest absolute Gasteiger partial charge is 0.329 e. The van der Waals surface area contributed by atoms with E-state index in [-0.39, 0.29) is 23.8 Å². The summed E-state index contributed by atoms with van der Waals surface area (Å²) >= 11 is 0. The number of carbonyl (C=O) groups is 2. The molecule has 0 saturated heterocycles. The fourth-order valence-corrected chi connectivity index (χ4v) is 2.19. The number of rotatable bonds is 6. The fraction of sp³-hybridized carbons (Fsp3) is 0.833. The van der Waals surface area contributed by atoms with Crippen molar-refractivity contribution in [2.24, 2.45) is 11.8 Å². The number of aliphatic carboxylic acids is 1. The number of amides is 1. The van der Waals surface area contributed by atoms with Crippen molar-refractivity contribution in [3.05, 3.63) is 0 Å². The van der Waals surface area contributed by atoms with Crippen LogP contribution in [0.2, 0.25) is 0 Å². The van der Waals surface area contributed by atoms with Crippen molar-refractivity contribution in [1.29, 1.82) is 0 Å². The Morgan fingerprint density at radius 2 is 2.12 bits per heavy atom. The lowest BCUT2D eigenvalue weighted by Crippen LogP contribution is -2.54. The Kier molecular flexibility index (Phi) is 3.12. The van der Waals surface area contributed by atoms with Gasteiger partial charge in [0.15, 0.2) is 0 Å². The minimum Gasteiger partial charge on any atom is -0.480 e. The topological polar surface area (TPSA) is 75.6 Å². The van der Waals surface area contributed by atoms with Gasteiger partial charge in [0.05, 0.1) is 12.0 Å². The van der Waals surface area contributed by atoms with E-state index in [0.29, 0.717) is 13.0 Å². The summed E-state index contributed by atoms with van der Waals surface area (Å²) in [4.78, 5) is 23.1. The highest BCUT2D eigenvalue weighted by atomic mass is 16.5. The molecule has 17 heavy (non-hydrogen) atoms. The van der Waals surface area contributed by atoms with Crippen molar-refractivity contribution >= 4 is 11.9 Å². The minimum atomic E-state index is -1.10. The van der Waals surface area contributed by atoms with Crippen LogP contribution in [0.25, 0.3) is 0 Å². The molecule has 3 unspecified atom stereocenters. The van der Waals surface area contributed by atoms with E-state index < -0.39 is 11.5 Å². The van der Waals surface area contributed by atoms with Gasteiger partial charge in [0.2, 0.25) is 5.91 Å². The van der Waals surface area contributed by atoms with E-state index in [1.54, 1.807) is 6.92 Å². The van der Waals surface area contributed by atoms with E-state index in [1.807, 2.05) is 6.92 Å². The van der Waals surface area contributed by atoms with Crippen LogP contribution in [0.15, 0.2) is 0 Å². The van der Waals surface area contributed by atoms with Crippen LogP contribution in [0.4, 0.5) is 0 Å². The van der Waals surface area contributed by atoms with Crippen LogP contribution in [0.5, 0.6) is 0 Å². The number of hydrogen-bond acceptors (Lipinski definition) is 3. The quantitative estimate of drug-likeness (QED) is 0.720. The van der Waals surface area contributed by atoms with Gasteiger partial charge < -0.3 is 15.2 Å². The maximum atomic E-state index is 11.9. The largest absolute Gasteiger partial charge is 0.480 e. The van der Waals surface area contributed by atoms with Gasteiger partial charge in [-0.05, 0) is 39.0 Å². The standard InChI is InChI=1S/C12H19NO4/c1-3-17-9-6-8(9)10(14)13-12(2,11(15)16)7-4-5-7/h7-9H,3-6H2,1-2H3,(H,13,14)(H,15,16). The van der Waals surface area contributed by atoms with Crippen molar-refractivity contribution in [2.75, 3.05) is 6.61 Å². The number of hydrogen-bond donors (Lipinski definition) is 2. The summed E-state index contributed by atoms with van der Waals surface area (Å²) in [5.74, 6) is -1.21. The monoisotopic (exact) mass is 241 g/mol. The first-order valence-corrected chi connectivity index (χ1v) is 6.16. The lowest BCUT2D eigenvalue weighted by molar-refractivity contribution is -0.148. The number of ether oxygens (including phenoxy) is 1. The van der Waals surface area contributed by atoms with Gasteiger partial charge >= 0.3 is 5.97 Å². The van der Waals surface area contributed by atoms with Gasteiger partial charge in [0.25, 0.3) is 0 Å². The van der Waals surface area contributed by atoms with E-state index in [4.69, 9.17) is 4.74 Å². The lowest BCUT2D eigenvalue weighted by atomic mass is 9.95. The highest BCUT2D eigenvalue weighted by molar-refractivity contribution is 5.89. The molecular weight excluding hydrogens is 222 g/mol. The van der Waals surface area contributed by atoms with E-state index in [9.17, 15) is 14.7 Å². The molecule has 0 aromatic carbocycles. The molecule has 5 nitrogen and oxygen atoms in total. The summed E-state index contributed by atoms with van der Waals surface area (Å²) in [5, 5.41) is 11.9. The summed E-state index contributed by atoms with van der Waals surface area (Å²) in [7, 11) is 0. The number of carbonyl (C=O) groups excluding carboxylic acids is 1. The maximum Gasteiger partial charge on any atom is 0.329 e. The summed E-state index contributed by atoms with van der Waals surface area (Å²) in [6, 6.07) is 0. The molecule has 0 aromatic rings. The van der Waals surface area contributed by atoms with Crippen LogP contribution < -0.4 is 5.32 Å². The van der Waals surface area contributed by atoms with E-state index in [1.165, 1.54) is 0 Å². The molecule has 2 saturated carbocycles. The second-order valence-corrected chi connectivity index (χ2v) is 5.11. The van der Waals surface area contributed by atoms with Crippen molar-refractivity contribution in [1.82, 2.24) is 5.32 Å². The molecule has 0 heterocycles. The SMILES string of the molecule is CCOC1CC1C(=O)NC(C)(C(=O)O)C1CC1. The Morgan fingerprint density at radius 3 is 2.59 bits per heavy atom. The fourth-order valence-electron chi connectivity index (χ4n) is 2.19. The van der Waals surface area contributed by atoms with Gasteiger partial charge in [-0.15, -0.1) is 0 Å². The first-order chi connectivity index (χ1) is 7.99. The van der Waals surface area contributed by atoms with Crippen molar-refractivity contribution in [3.63, 3.8) is 0 Å². The number of carboxylic acids is 1. The Bertz CT molecular complexity index is 339. The van der Waals surface area contributed by atoms with Crippen LogP contribution >= 0.6 is 0 Å². The Hall–Kier alpha value is -1.10. The van der Waals surface area contributed by atoms with Crippen LogP contribution in [0.3, 0.4) is 0 Å². The third kappa shape index (κ3) is 2.44. The number of carboxylic acid groups (broad SMARTS) is 1. The molecule has 2 aliphatic carbocycles. The Labute approximate surface area is 101 Å². The summed E-state index contributed by atoms with van der Waals surface area (Å²) in [6.07, 6.45) is 2.45. The van der Waals surface area contributed by atoms with Gasteiger partial charge in [-0.2, -0.15) is 0 Å². The highest BCUT2D eigenvalue weighted by Gasteiger charge is 2.52. The van der Waals surface area contributed by atoms with Crippen molar-refractivity contribution in [2.45, 2.75) is 44.8 Å². The second kappa shape index (κ2) is 4.29. The summed E-state index contributed by atoms with van der Waals surface area (Å²) < 4.78 is 5.33. The average molecular weight is 241 g/mol. The molecule has 2 fully saturated rings. The summed E-state index contributed by atoms with van der Waals surface area (Å²) in [5.41, 5.74) is -1.10. The molecule has 3 atom stereocenters. The molecule has 0 radical (unpaired) electrons. The zero-order valence-corrected chi connectivity index (χ0v) is 10.2. The van der Waals surface area contributed by atoms with Crippen LogP contribution in [0, 0.1) is 11.8 Å². The summed E-state index contributed by atoms with van der Waals surface area (Å²) in [6.45, 7) is 4.08. The highest BCUT2D eigenvalue weighted by Crippen LogP contribution is 2.41. The van der Waals surface area contributed by atoms with Gasteiger partial charge in [0, 0.05) is 6.61 Å². The predicted octanol–water partition coefficient (Wildman–Crippen LogP) is 0.781. The van der Waals surface area contributed by atoms with Gasteiger partial charge in [-0.25, -0.2) is 4.79 Å². The lowest BCUT2D eigenvalue weighted by Gasteiger charge is -2.26. The van der Waals surface area contributed by atoms with Crippen LogP contribution in [-0.4, -0.2) is 35.2 Å².